The third-order valence-corrected chi connectivity index (χ3v) is 3.90. The van der Waals surface area contributed by atoms with Crippen molar-refractivity contribution in [2.24, 2.45) is 5.92 Å². The summed E-state index contributed by atoms with van der Waals surface area (Å²) in [4.78, 5) is 12.0. The van der Waals surface area contributed by atoms with Crippen molar-refractivity contribution < 1.29 is 4.79 Å². The number of rotatable bonds is 0. The Hall–Kier alpha value is -1.78. The van der Waals surface area contributed by atoms with Gasteiger partial charge in [0.05, 0.1) is 11.2 Å². The van der Waals surface area contributed by atoms with Crippen molar-refractivity contribution in [1.29, 1.82) is 10.5 Å². The second-order valence-corrected chi connectivity index (χ2v) is 4.54. The van der Waals surface area contributed by atoms with Gasteiger partial charge in [0.2, 0.25) is 0 Å². The number of nitriles is 2. The van der Waals surface area contributed by atoms with Crippen molar-refractivity contribution in [2.45, 2.75) is 12.2 Å². The minimum Gasteiger partial charge on any atom is -0.293 e. The molecule has 0 bridgehead atoms. The van der Waals surface area contributed by atoms with Gasteiger partial charge in [-0.1, -0.05) is 12.2 Å². The van der Waals surface area contributed by atoms with Gasteiger partial charge in [-0.25, -0.2) is 0 Å². The van der Waals surface area contributed by atoms with Gasteiger partial charge in [0.1, 0.15) is 17.7 Å². The van der Waals surface area contributed by atoms with Crippen molar-refractivity contribution in [2.75, 3.05) is 0 Å². The standard InChI is InChI=1S/C12H8N2OS/c1-2-8-10(7(5-13)6-14)12-9(11(8)15)3-4-16-12/h2-4,9,12H,1H3/b8-2-. The number of nitrogens with zero attached hydrogens (tertiary/aromatic N) is 2. The Labute approximate surface area is 97.7 Å². The first-order chi connectivity index (χ1) is 7.74. The molecule has 2 rings (SSSR count). The number of hydrogen-bond acceptors (Lipinski definition) is 4. The van der Waals surface area contributed by atoms with Crippen LogP contribution in [0, 0.1) is 28.6 Å². The zero-order valence-corrected chi connectivity index (χ0v) is 9.41. The van der Waals surface area contributed by atoms with Gasteiger partial charge in [0.25, 0.3) is 0 Å². The molecule has 1 aliphatic heterocycles. The van der Waals surface area contributed by atoms with Crippen LogP contribution in [-0.4, -0.2) is 11.0 Å². The van der Waals surface area contributed by atoms with Crippen molar-refractivity contribution >= 4 is 17.5 Å². The summed E-state index contributed by atoms with van der Waals surface area (Å²) >= 11 is 1.50. The van der Waals surface area contributed by atoms with Crippen LogP contribution in [-0.2, 0) is 4.79 Å². The molecule has 0 aromatic heterocycles. The third kappa shape index (κ3) is 1.31. The fourth-order valence-corrected chi connectivity index (χ4v) is 3.25. The number of fused-ring (bicyclic) bond motifs is 1. The molecule has 2 atom stereocenters. The maximum Gasteiger partial charge on any atom is 0.171 e. The van der Waals surface area contributed by atoms with E-state index in [1.54, 1.807) is 13.0 Å². The molecule has 1 saturated carbocycles. The fourth-order valence-electron chi connectivity index (χ4n) is 2.06. The molecule has 2 unspecified atom stereocenters. The van der Waals surface area contributed by atoms with Gasteiger partial charge < -0.3 is 0 Å². The number of Topliss-reactive ketones (excluding diaryl/α,β-unsaturated/α-hetero) is 1. The van der Waals surface area contributed by atoms with Crippen molar-refractivity contribution in [3.63, 3.8) is 0 Å². The highest BCUT2D eigenvalue weighted by Gasteiger charge is 2.44. The summed E-state index contributed by atoms with van der Waals surface area (Å²) in [6.07, 6.45) is 3.54. The Balaban J connectivity index is 2.63. The first-order valence-corrected chi connectivity index (χ1v) is 5.76. The Morgan fingerprint density at radius 2 is 2.19 bits per heavy atom. The lowest BCUT2D eigenvalue weighted by Crippen LogP contribution is -2.10. The molecule has 0 N–H and O–H groups in total. The van der Waals surface area contributed by atoms with E-state index < -0.39 is 0 Å². The molecule has 1 aliphatic carbocycles. The van der Waals surface area contributed by atoms with Gasteiger partial charge in [-0.3, -0.25) is 4.79 Å². The average Bonchev–Trinajstić information content (AvgIpc) is 2.85. The van der Waals surface area contributed by atoms with Crippen LogP contribution in [0.3, 0.4) is 0 Å². The molecule has 3 nitrogen and oxygen atoms in total. The van der Waals surface area contributed by atoms with Gasteiger partial charge in [-0.05, 0) is 12.3 Å². The van der Waals surface area contributed by atoms with E-state index in [0.717, 1.165) is 0 Å². The number of hydrogen-bond donors (Lipinski definition) is 0. The monoisotopic (exact) mass is 228 g/mol. The van der Waals surface area contributed by atoms with Crippen molar-refractivity contribution in [1.82, 2.24) is 0 Å². The molecule has 4 heteroatoms. The number of carbonyl (C=O) groups excluding carboxylic acids is 1. The number of ketones is 1. The normalized spacial score (nSPS) is 29.1. The Kier molecular flexibility index (Phi) is 2.68. The van der Waals surface area contributed by atoms with Crippen LogP contribution in [0.1, 0.15) is 6.92 Å². The molecule has 0 aromatic carbocycles. The Morgan fingerprint density at radius 3 is 2.75 bits per heavy atom. The van der Waals surface area contributed by atoms with E-state index in [0.29, 0.717) is 11.1 Å². The second-order valence-electron chi connectivity index (χ2n) is 3.49. The zero-order chi connectivity index (χ0) is 11.7. The summed E-state index contributed by atoms with van der Waals surface area (Å²) in [6, 6.07) is 3.75. The topological polar surface area (TPSA) is 64.7 Å². The molecule has 1 fully saturated rings. The third-order valence-electron chi connectivity index (χ3n) is 2.76. The number of allylic oxidation sites excluding steroid dienone is 4. The van der Waals surface area contributed by atoms with Gasteiger partial charge >= 0.3 is 0 Å². The first-order valence-electron chi connectivity index (χ1n) is 4.82. The van der Waals surface area contributed by atoms with Crippen LogP contribution in [0.25, 0.3) is 0 Å². The maximum atomic E-state index is 12.0. The van der Waals surface area contributed by atoms with E-state index in [1.807, 2.05) is 23.6 Å². The molecule has 2 aliphatic rings. The van der Waals surface area contributed by atoms with Crippen LogP contribution in [0.5, 0.6) is 0 Å². The molecule has 0 amide bonds. The highest BCUT2D eigenvalue weighted by Crippen LogP contribution is 2.46. The van der Waals surface area contributed by atoms with E-state index in [1.165, 1.54) is 11.8 Å². The van der Waals surface area contributed by atoms with Crippen LogP contribution in [0.15, 0.2) is 34.3 Å². The quantitative estimate of drug-likeness (QED) is 0.470. The molecule has 78 valence electrons. The van der Waals surface area contributed by atoms with Gasteiger partial charge in [0, 0.05) is 11.1 Å². The number of carbonyl (C=O) groups is 1. The molecule has 0 spiro atoms. The number of thioether (sulfide) groups is 1. The molecule has 1 heterocycles. The lowest BCUT2D eigenvalue weighted by atomic mass is 10.0. The minimum absolute atomic E-state index is 0.0201. The molecule has 0 aromatic rings. The lowest BCUT2D eigenvalue weighted by Gasteiger charge is -2.07. The predicted molar refractivity (Wildman–Crippen MR) is 61.0 cm³/mol. The first kappa shape index (κ1) is 10.7. The van der Waals surface area contributed by atoms with Crippen molar-refractivity contribution in [3.8, 4) is 12.1 Å². The van der Waals surface area contributed by atoms with E-state index in [9.17, 15) is 4.79 Å². The minimum atomic E-state index is -0.192. The van der Waals surface area contributed by atoms with Gasteiger partial charge in [-0.2, -0.15) is 10.5 Å². The zero-order valence-electron chi connectivity index (χ0n) is 8.60. The van der Waals surface area contributed by atoms with E-state index in [-0.39, 0.29) is 22.5 Å². The van der Waals surface area contributed by atoms with Gasteiger partial charge in [-0.15, -0.1) is 11.8 Å². The second kappa shape index (κ2) is 4.00. The smallest absolute Gasteiger partial charge is 0.171 e. The molecular formula is C12H8N2OS. The largest absolute Gasteiger partial charge is 0.293 e. The average molecular weight is 228 g/mol. The van der Waals surface area contributed by atoms with E-state index in [2.05, 4.69) is 0 Å². The summed E-state index contributed by atoms with van der Waals surface area (Å²) in [5.74, 6) is -0.172. The summed E-state index contributed by atoms with van der Waals surface area (Å²) in [7, 11) is 0. The van der Waals surface area contributed by atoms with Crippen molar-refractivity contribution in [3.05, 3.63) is 34.3 Å². The van der Waals surface area contributed by atoms with E-state index in [4.69, 9.17) is 10.5 Å². The summed E-state index contributed by atoms with van der Waals surface area (Å²) in [5.41, 5.74) is 1.20. The van der Waals surface area contributed by atoms with Gasteiger partial charge in [0.15, 0.2) is 5.78 Å². The fraction of sp³-hybridized carbons (Fsp3) is 0.250. The summed E-state index contributed by atoms with van der Waals surface area (Å²) in [6.45, 7) is 1.76. The maximum absolute atomic E-state index is 12.0. The molecule has 16 heavy (non-hydrogen) atoms. The summed E-state index contributed by atoms with van der Waals surface area (Å²) < 4.78 is 0. The molecule has 0 saturated heterocycles. The lowest BCUT2D eigenvalue weighted by molar-refractivity contribution is -0.116. The highest BCUT2D eigenvalue weighted by molar-refractivity contribution is 8.03. The molecular weight excluding hydrogens is 220 g/mol. The Bertz CT molecular complexity index is 512. The van der Waals surface area contributed by atoms with Crippen LogP contribution < -0.4 is 0 Å². The molecule has 0 radical (unpaired) electrons. The highest BCUT2D eigenvalue weighted by atomic mass is 32.2. The SMILES string of the molecule is C/C=C1\C(=O)C2C=CSC2C1=C(C#N)C#N. The van der Waals surface area contributed by atoms with Crippen LogP contribution in [0.2, 0.25) is 0 Å². The summed E-state index contributed by atoms with van der Waals surface area (Å²) in [5, 5.41) is 19.6. The van der Waals surface area contributed by atoms with Crippen LogP contribution >= 0.6 is 11.8 Å². The van der Waals surface area contributed by atoms with E-state index >= 15 is 0 Å². The predicted octanol–water partition coefficient (Wildman–Crippen LogP) is 2.10. The Morgan fingerprint density at radius 1 is 1.50 bits per heavy atom. The van der Waals surface area contributed by atoms with Crippen LogP contribution in [0.4, 0.5) is 0 Å².